The Morgan fingerprint density at radius 1 is 0.886 bits per heavy atom. The van der Waals surface area contributed by atoms with Crippen molar-refractivity contribution < 1.29 is 24.2 Å². The molecule has 0 bridgehead atoms. The molecule has 180 valence electrons. The summed E-state index contributed by atoms with van der Waals surface area (Å²) < 4.78 is 5.61. The highest BCUT2D eigenvalue weighted by atomic mass is 32.2. The lowest BCUT2D eigenvalue weighted by atomic mass is 9.98. The van der Waals surface area contributed by atoms with Crippen molar-refractivity contribution in [3.63, 3.8) is 0 Å². The first-order chi connectivity index (χ1) is 17.0. The number of benzene rings is 3. The van der Waals surface area contributed by atoms with Gasteiger partial charge in [-0.15, -0.1) is 11.8 Å². The fourth-order valence-electron chi connectivity index (χ4n) is 4.21. The summed E-state index contributed by atoms with van der Waals surface area (Å²) in [6.45, 7) is 0.432. The van der Waals surface area contributed by atoms with Gasteiger partial charge in [0.2, 0.25) is 5.91 Å². The van der Waals surface area contributed by atoms with Gasteiger partial charge in [-0.1, -0.05) is 78.9 Å². The molecule has 1 aliphatic carbocycles. The Hall–Kier alpha value is -3.78. The average Bonchev–Trinajstić information content (AvgIpc) is 3.19. The van der Waals surface area contributed by atoms with Gasteiger partial charge in [-0.3, -0.25) is 9.59 Å². The van der Waals surface area contributed by atoms with E-state index >= 15 is 0 Å². The monoisotopic (exact) mass is 490 g/mol. The van der Waals surface area contributed by atoms with Crippen LogP contribution in [-0.2, 0) is 14.3 Å². The van der Waals surface area contributed by atoms with E-state index < -0.39 is 18.1 Å². The molecule has 0 saturated heterocycles. The first kappa shape index (κ1) is 24.3. The third-order valence-electron chi connectivity index (χ3n) is 5.77. The van der Waals surface area contributed by atoms with Gasteiger partial charge in [0, 0.05) is 18.2 Å². The van der Waals surface area contributed by atoms with E-state index in [1.54, 1.807) is 24.3 Å². The molecule has 0 fully saturated rings. The Balaban J connectivity index is 1.39. The molecular formula is C27H26N2O5S. The zero-order valence-electron chi connectivity index (χ0n) is 19.0. The molecule has 0 saturated carbocycles. The van der Waals surface area contributed by atoms with Crippen LogP contribution in [0.25, 0.3) is 11.1 Å². The van der Waals surface area contributed by atoms with Crippen LogP contribution in [0.15, 0.2) is 78.9 Å². The minimum absolute atomic E-state index is 0.0318. The van der Waals surface area contributed by atoms with Crippen LogP contribution in [0.2, 0.25) is 0 Å². The van der Waals surface area contributed by atoms with Gasteiger partial charge in [-0.05, 0) is 27.8 Å². The lowest BCUT2D eigenvalue weighted by Crippen LogP contribution is -2.41. The lowest BCUT2D eigenvalue weighted by Gasteiger charge is -2.20. The van der Waals surface area contributed by atoms with E-state index in [0.717, 1.165) is 22.3 Å². The third kappa shape index (κ3) is 6.02. The van der Waals surface area contributed by atoms with Gasteiger partial charge >= 0.3 is 12.1 Å². The predicted molar refractivity (Wildman–Crippen MR) is 135 cm³/mol. The highest BCUT2D eigenvalue weighted by molar-refractivity contribution is 7.99. The van der Waals surface area contributed by atoms with Gasteiger partial charge in [-0.2, -0.15) is 0 Å². The molecule has 35 heavy (non-hydrogen) atoms. The predicted octanol–water partition coefficient (Wildman–Crippen LogP) is 4.20. The Morgan fingerprint density at radius 2 is 1.49 bits per heavy atom. The summed E-state index contributed by atoms with van der Waals surface area (Å²) in [6.07, 6.45) is -0.684. The summed E-state index contributed by atoms with van der Waals surface area (Å²) in [5, 5.41) is 14.2. The van der Waals surface area contributed by atoms with E-state index in [0.29, 0.717) is 11.3 Å². The normalized spacial score (nSPS) is 12.8. The van der Waals surface area contributed by atoms with Crippen LogP contribution in [0.5, 0.6) is 0 Å². The lowest BCUT2D eigenvalue weighted by molar-refractivity contribution is -0.133. The van der Waals surface area contributed by atoms with Gasteiger partial charge in [0.05, 0.1) is 5.75 Å². The number of carboxylic acid groups (broad SMARTS) is 1. The number of rotatable bonds is 10. The summed E-state index contributed by atoms with van der Waals surface area (Å²) in [6, 6.07) is 24.2. The van der Waals surface area contributed by atoms with E-state index in [1.807, 2.05) is 42.5 Å². The maximum Gasteiger partial charge on any atom is 0.408 e. The summed E-state index contributed by atoms with van der Waals surface area (Å²) in [7, 11) is 0. The van der Waals surface area contributed by atoms with Crippen LogP contribution in [0.3, 0.4) is 0 Å². The van der Waals surface area contributed by atoms with Gasteiger partial charge in [0.15, 0.2) is 0 Å². The van der Waals surface area contributed by atoms with Crippen molar-refractivity contribution in [3.8, 4) is 11.1 Å². The number of thioether (sulfide) groups is 1. The van der Waals surface area contributed by atoms with Crippen molar-refractivity contribution in [1.29, 1.82) is 0 Å². The molecular weight excluding hydrogens is 464 g/mol. The maximum absolute atomic E-state index is 12.9. The summed E-state index contributed by atoms with van der Waals surface area (Å²) in [5.74, 6) is -0.954. The summed E-state index contributed by atoms with van der Waals surface area (Å²) >= 11 is 1.21. The first-order valence-corrected chi connectivity index (χ1v) is 12.4. The SMILES string of the molecule is O=C(O)CSCCNC(=O)[C@@H](NC(=O)OCC1c2ccccc2-c2ccccc21)c1ccccc1. The molecule has 2 amide bonds. The van der Waals surface area contributed by atoms with Crippen LogP contribution in [-0.4, -0.2) is 47.7 Å². The maximum atomic E-state index is 12.9. The van der Waals surface area contributed by atoms with E-state index in [2.05, 4.69) is 22.8 Å². The van der Waals surface area contributed by atoms with Crippen LogP contribution in [0.4, 0.5) is 4.79 Å². The zero-order chi connectivity index (χ0) is 24.6. The first-order valence-electron chi connectivity index (χ1n) is 11.3. The number of alkyl carbamates (subject to hydrolysis) is 1. The standard InChI is InChI=1S/C27H26N2O5S/c30-24(31)17-35-15-14-28-26(32)25(18-8-2-1-3-9-18)29-27(33)34-16-23-21-12-6-4-10-19(21)20-11-5-7-13-22(20)23/h1-13,23,25H,14-17H2,(H,28,32)(H,29,33)(H,30,31)/t25-/m0/s1. The fraction of sp³-hybridized carbons (Fsp3) is 0.222. The van der Waals surface area contributed by atoms with Crippen LogP contribution in [0.1, 0.15) is 28.7 Å². The van der Waals surface area contributed by atoms with Gasteiger partial charge in [0.25, 0.3) is 0 Å². The van der Waals surface area contributed by atoms with Crippen LogP contribution < -0.4 is 10.6 Å². The highest BCUT2D eigenvalue weighted by Gasteiger charge is 2.30. The molecule has 0 spiro atoms. The molecule has 0 aliphatic heterocycles. The topological polar surface area (TPSA) is 105 Å². The second kappa shape index (κ2) is 11.6. The second-order valence-electron chi connectivity index (χ2n) is 8.05. The van der Waals surface area contributed by atoms with E-state index in [9.17, 15) is 14.4 Å². The van der Waals surface area contributed by atoms with Gasteiger partial charge in [-0.25, -0.2) is 4.79 Å². The number of hydrogen-bond donors (Lipinski definition) is 3. The van der Waals surface area contributed by atoms with E-state index in [-0.39, 0.29) is 30.7 Å². The van der Waals surface area contributed by atoms with Gasteiger partial charge in [0.1, 0.15) is 12.6 Å². The molecule has 0 unspecified atom stereocenters. The van der Waals surface area contributed by atoms with Crippen molar-refractivity contribution in [1.82, 2.24) is 10.6 Å². The number of amides is 2. The number of fused-ring (bicyclic) bond motifs is 3. The Bertz CT molecular complexity index is 1160. The molecule has 0 heterocycles. The van der Waals surface area contributed by atoms with Crippen molar-refractivity contribution in [3.05, 3.63) is 95.6 Å². The van der Waals surface area contributed by atoms with Gasteiger partial charge < -0.3 is 20.5 Å². The molecule has 0 radical (unpaired) electrons. The highest BCUT2D eigenvalue weighted by Crippen LogP contribution is 2.44. The number of carbonyl (C=O) groups is 3. The second-order valence-corrected chi connectivity index (χ2v) is 9.16. The van der Waals surface area contributed by atoms with Crippen molar-refractivity contribution in [2.24, 2.45) is 0 Å². The minimum Gasteiger partial charge on any atom is -0.481 e. The molecule has 8 heteroatoms. The number of nitrogens with one attached hydrogen (secondary N) is 2. The largest absolute Gasteiger partial charge is 0.481 e. The van der Waals surface area contributed by atoms with Crippen molar-refractivity contribution in [2.45, 2.75) is 12.0 Å². The average molecular weight is 491 g/mol. The molecule has 3 N–H and O–H groups in total. The number of carboxylic acids is 1. The number of ether oxygens (including phenoxy) is 1. The van der Waals surface area contributed by atoms with E-state index in [4.69, 9.17) is 9.84 Å². The Morgan fingerprint density at radius 3 is 2.11 bits per heavy atom. The molecule has 3 aromatic carbocycles. The quantitative estimate of drug-likeness (QED) is 0.368. The number of carbonyl (C=O) groups excluding carboxylic acids is 2. The smallest absolute Gasteiger partial charge is 0.408 e. The number of aliphatic carboxylic acids is 1. The van der Waals surface area contributed by atoms with Crippen LogP contribution >= 0.6 is 11.8 Å². The minimum atomic E-state index is -0.934. The Labute approximate surface area is 207 Å². The molecule has 0 aromatic heterocycles. The summed E-state index contributed by atoms with van der Waals surface area (Å²) in [5.41, 5.74) is 5.12. The third-order valence-corrected chi connectivity index (χ3v) is 6.72. The van der Waals surface area contributed by atoms with E-state index in [1.165, 1.54) is 11.8 Å². The number of hydrogen-bond acceptors (Lipinski definition) is 5. The molecule has 7 nitrogen and oxygen atoms in total. The molecule has 4 rings (SSSR count). The van der Waals surface area contributed by atoms with Crippen molar-refractivity contribution >= 4 is 29.7 Å². The zero-order valence-corrected chi connectivity index (χ0v) is 19.8. The molecule has 3 aromatic rings. The Kier molecular flexibility index (Phi) is 8.05. The molecule has 1 atom stereocenters. The van der Waals surface area contributed by atoms with Crippen molar-refractivity contribution in [2.75, 3.05) is 24.7 Å². The molecule has 1 aliphatic rings. The van der Waals surface area contributed by atoms with Crippen LogP contribution in [0, 0.1) is 0 Å². The fourth-order valence-corrected chi connectivity index (χ4v) is 4.78. The summed E-state index contributed by atoms with van der Waals surface area (Å²) in [4.78, 5) is 36.3.